The third-order valence-corrected chi connectivity index (χ3v) is 6.60. The van der Waals surface area contributed by atoms with Crippen LogP contribution in [0.25, 0.3) is 0 Å². The Morgan fingerprint density at radius 1 is 1.00 bits per heavy atom. The molecule has 0 heterocycles. The van der Waals surface area contributed by atoms with Crippen LogP contribution in [0.15, 0.2) is 71.6 Å². The van der Waals surface area contributed by atoms with Gasteiger partial charge in [-0.25, -0.2) is 8.42 Å². The summed E-state index contributed by atoms with van der Waals surface area (Å²) in [5.74, 6) is 0.482. The molecule has 0 unspecified atom stereocenters. The van der Waals surface area contributed by atoms with Crippen molar-refractivity contribution in [1.82, 2.24) is 5.32 Å². The van der Waals surface area contributed by atoms with Crippen molar-refractivity contribution in [3.63, 3.8) is 0 Å². The highest BCUT2D eigenvalue weighted by atomic mass is 35.5. The minimum atomic E-state index is -3.84. The smallest absolute Gasteiger partial charge is 0.261 e. The van der Waals surface area contributed by atoms with Crippen molar-refractivity contribution >= 4 is 44.8 Å². The molecule has 10 heteroatoms. The molecule has 0 aliphatic rings. The van der Waals surface area contributed by atoms with Crippen molar-refractivity contribution in [1.29, 1.82) is 0 Å². The molecule has 174 valence electrons. The van der Waals surface area contributed by atoms with E-state index in [0.717, 1.165) is 5.56 Å². The second kappa shape index (κ2) is 10.8. The number of rotatable bonds is 9. The molecular formula is C23H22Cl2N2O5S. The molecule has 0 bridgehead atoms. The molecule has 1 atom stereocenters. The highest BCUT2D eigenvalue weighted by Crippen LogP contribution is 2.28. The monoisotopic (exact) mass is 508 g/mol. The largest absolute Gasteiger partial charge is 0.495 e. The predicted octanol–water partition coefficient (Wildman–Crippen LogP) is 5.06. The molecule has 33 heavy (non-hydrogen) atoms. The topological polar surface area (TPSA) is 93.7 Å². The van der Waals surface area contributed by atoms with Gasteiger partial charge in [-0.1, -0.05) is 35.3 Å². The molecule has 0 aromatic heterocycles. The highest BCUT2D eigenvalue weighted by molar-refractivity contribution is 7.92. The molecule has 0 aliphatic heterocycles. The third-order valence-electron chi connectivity index (χ3n) is 4.66. The van der Waals surface area contributed by atoms with Crippen LogP contribution in [-0.2, 0) is 14.8 Å². The van der Waals surface area contributed by atoms with Crippen LogP contribution in [0, 0.1) is 0 Å². The van der Waals surface area contributed by atoms with Crippen LogP contribution in [0.2, 0.25) is 10.0 Å². The summed E-state index contributed by atoms with van der Waals surface area (Å²) in [4.78, 5) is 12.2. The van der Waals surface area contributed by atoms with E-state index in [0.29, 0.717) is 22.2 Å². The van der Waals surface area contributed by atoms with Gasteiger partial charge in [0.1, 0.15) is 11.5 Å². The van der Waals surface area contributed by atoms with Gasteiger partial charge in [-0.2, -0.15) is 0 Å². The van der Waals surface area contributed by atoms with Crippen molar-refractivity contribution in [3.05, 3.63) is 82.3 Å². The molecule has 0 aliphatic carbocycles. The highest BCUT2D eigenvalue weighted by Gasteiger charge is 2.16. The average Bonchev–Trinajstić information content (AvgIpc) is 2.78. The van der Waals surface area contributed by atoms with Crippen LogP contribution in [0.4, 0.5) is 5.69 Å². The Labute approximate surface area is 202 Å². The fourth-order valence-corrected chi connectivity index (χ4v) is 4.36. The first kappa shape index (κ1) is 24.7. The molecule has 3 aromatic rings. The van der Waals surface area contributed by atoms with Crippen LogP contribution in [0.1, 0.15) is 18.5 Å². The van der Waals surface area contributed by atoms with Crippen LogP contribution < -0.4 is 19.5 Å². The number of methoxy groups -OCH3 is 1. The van der Waals surface area contributed by atoms with E-state index in [1.54, 1.807) is 24.3 Å². The van der Waals surface area contributed by atoms with Gasteiger partial charge >= 0.3 is 0 Å². The first-order valence-electron chi connectivity index (χ1n) is 9.82. The van der Waals surface area contributed by atoms with Crippen LogP contribution in [0.3, 0.4) is 0 Å². The molecule has 0 saturated carbocycles. The van der Waals surface area contributed by atoms with Crippen molar-refractivity contribution in [3.8, 4) is 11.5 Å². The van der Waals surface area contributed by atoms with E-state index >= 15 is 0 Å². The fourth-order valence-electron chi connectivity index (χ4n) is 2.93. The number of halogens is 2. The lowest BCUT2D eigenvalue weighted by Gasteiger charge is -2.15. The fraction of sp³-hybridized carbons (Fsp3) is 0.174. The summed E-state index contributed by atoms with van der Waals surface area (Å²) < 4.78 is 38.2. The summed E-state index contributed by atoms with van der Waals surface area (Å²) in [5.41, 5.74) is 1.21. The van der Waals surface area contributed by atoms with Crippen LogP contribution in [-0.4, -0.2) is 28.0 Å². The molecule has 3 rings (SSSR count). The number of nitrogens with one attached hydrogen (secondary N) is 2. The van der Waals surface area contributed by atoms with Gasteiger partial charge in [0.05, 0.1) is 28.8 Å². The number of carbonyl (C=O) groups excluding carboxylic acids is 1. The Morgan fingerprint density at radius 2 is 1.67 bits per heavy atom. The van der Waals surface area contributed by atoms with Crippen molar-refractivity contribution in [2.45, 2.75) is 17.9 Å². The second-order valence-corrected chi connectivity index (χ2v) is 9.58. The molecule has 0 radical (unpaired) electrons. The van der Waals surface area contributed by atoms with Gasteiger partial charge in [0.2, 0.25) is 0 Å². The summed E-state index contributed by atoms with van der Waals surface area (Å²) in [7, 11) is -2.37. The van der Waals surface area contributed by atoms with Crippen molar-refractivity contribution < 1.29 is 22.7 Å². The first-order chi connectivity index (χ1) is 15.7. The zero-order valence-electron chi connectivity index (χ0n) is 17.8. The molecule has 2 N–H and O–H groups in total. The average molecular weight is 509 g/mol. The minimum absolute atomic E-state index is 0.0302. The molecule has 7 nitrogen and oxygen atoms in total. The molecule has 3 aromatic carbocycles. The Bertz CT molecular complexity index is 1220. The van der Waals surface area contributed by atoms with Gasteiger partial charge in [-0.3, -0.25) is 9.52 Å². The van der Waals surface area contributed by atoms with E-state index in [1.807, 2.05) is 19.1 Å². The number of hydrogen-bond donors (Lipinski definition) is 2. The predicted molar refractivity (Wildman–Crippen MR) is 129 cm³/mol. The van der Waals surface area contributed by atoms with Crippen LogP contribution in [0.5, 0.6) is 11.5 Å². The quantitative estimate of drug-likeness (QED) is 0.421. The lowest BCUT2D eigenvalue weighted by Crippen LogP contribution is -2.31. The number of ether oxygens (including phenoxy) is 2. The van der Waals surface area contributed by atoms with Gasteiger partial charge in [0.15, 0.2) is 6.61 Å². The lowest BCUT2D eigenvalue weighted by molar-refractivity contribution is -0.123. The number of hydrogen-bond acceptors (Lipinski definition) is 5. The van der Waals surface area contributed by atoms with Crippen LogP contribution >= 0.6 is 23.2 Å². The maximum atomic E-state index is 12.6. The Hall–Kier alpha value is -2.94. The van der Waals surface area contributed by atoms with E-state index in [1.165, 1.54) is 37.4 Å². The van der Waals surface area contributed by atoms with Gasteiger partial charge in [0, 0.05) is 5.02 Å². The van der Waals surface area contributed by atoms with E-state index in [-0.39, 0.29) is 28.5 Å². The van der Waals surface area contributed by atoms with Crippen molar-refractivity contribution in [2.24, 2.45) is 0 Å². The SMILES string of the molecule is COc1ccc(NS(=O)(=O)c2ccc(OCC(=O)N[C@@H](C)c3ccc(Cl)cc3)cc2)cc1Cl. The van der Waals surface area contributed by atoms with Gasteiger partial charge in [-0.15, -0.1) is 0 Å². The van der Waals surface area contributed by atoms with Crippen molar-refractivity contribution in [2.75, 3.05) is 18.4 Å². The standard InChI is InChI=1S/C23H22Cl2N2O5S/c1-15(16-3-5-17(24)6-4-16)26-23(28)14-32-19-8-10-20(11-9-19)33(29,30)27-18-7-12-22(31-2)21(25)13-18/h3-13,15,27H,14H2,1-2H3,(H,26,28)/t15-/m0/s1. The normalized spacial score (nSPS) is 12.0. The third kappa shape index (κ3) is 6.77. The first-order valence-corrected chi connectivity index (χ1v) is 12.1. The molecule has 0 spiro atoms. The zero-order chi connectivity index (χ0) is 24.0. The number of sulfonamides is 1. The lowest BCUT2D eigenvalue weighted by atomic mass is 10.1. The van der Waals surface area contributed by atoms with E-state index < -0.39 is 10.0 Å². The maximum Gasteiger partial charge on any atom is 0.261 e. The minimum Gasteiger partial charge on any atom is -0.495 e. The Morgan fingerprint density at radius 3 is 2.27 bits per heavy atom. The molecule has 0 saturated heterocycles. The Kier molecular flexibility index (Phi) is 8.07. The Balaban J connectivity index is 1.56. The summed E-state index contributed by atoms with van der Waals surface area (Å²) in [6, 6.07) is 17.3. The zero-order valence-corrected chi connectivity index (χ0v) is 20.2. The van der Waals surface area contributed by atoms with E-state index in [2.05, 4.69) is 10.0 Å². The van der Waals surface area contributed by atoms with E-state index in [9.17, 15) is 13.2 Å². The molecule has 0 fully saturated rings. The number of amides is 1. The van der Waals surface area contributed by atoms with E-state index in [4.69, 9.17) is 32.7 Å². The summed E-state index contributed by atoms with van der Waals surface area (Å²) in [6.07, 6.45) is 0. The maximum absolute atomic E-state index is 12.6. The second-order valence-electron chi connectivity index (χ2n) is 7.06. The summed E-state index contributed by atoms with van der Waals surface area (Å²) in [5, 5.41) is 3.73. The van der Waals surface area contributed by atoms with Gasteiger partial charge < -0.3 is 14.8 Å². The van der Waals surface area contributed by atoms with Gasteiger partial charge in [-0.05, 0) is 67.1 Å². The molecular weight excluding hydrogens is 487 g/mol. The van der Waals surface area contributed by atoms with Gasteiger partial charge in [0.25, 0.3) is 15.9 Å². The number of anilines is 1. The number of carbonyl (C=O) groups is 1. The summed E-state index contributed by atoms with van der Waals surface area (Å²) >= 11 is 11.9. The summed E-state index contributed by atoms with van der Waals surface area (Å²) in [6.45, 7) is 1.64. The molecule has 1 amide bonds. The number of benzene rings is 3.